The highest BCUT2D eigenvalue weighted by Gasteiger charge is 2.39. The molecule has 1 saturated heterocycles. The molecule has 0 saturated carbocycles. The van der Waals surface area contributed by atoms with Gasteiger partial charge in [0, 0.05) is 6.04 Å². The molecule has 1 aromatic heterocycles. The molecular formula is C14H19FN2O3. The van der Waals surface area contributed by atoms with Gasteiger partial charge < -0.3 is 9.84 Å². The molecular weight excluding hydrogens is 263 g/mol. The molecule has 2 heterocycles. The molecule has 0 spiro atoms. The number of carboxylic acid groups (broad SMARTS) is 1. The quantitative estimate of drug-likeness (QED) is 0.890. The molecule has 0 aliphatic carbocycles. The van der Waals surface area contributed by atoms with E-state index in [0.717, 1.165) is 12.1 Å². The molecule has 1 N–H and O–H groups in total. The number of carboxylic acids is 1. The zero-order chi connectivity index (χ0) is 14.7. The van der Waals surface area contributed by atoms with E-state index in [0.29, 0.717) is 6.61 Å². The highest BCUT2D eigenvalue weighted by molar-refractivity contribution is 5.71. The van der Waals surface area contributed by atoms with E-state index >= 15 is 0 Å². The molecule has 2 rings (SSSR count). The third-order valence-electron chi connectivity index (χ3n) is 3.86. The summed E-state index contributed by atoms with van der Waals surface area (Å²) in [6.45, 7) is 2.63. The second-order valence-electron chi connectivity index (χ2n) is 5.04. The van der Waals surface area contributed by atoms with Crippen LogP contribution in [0.1, 0.15) is 25.1 Å². The molecule has 1 aliphatic rings. The van der Waals surface area contributed by atoms with Crippen LogP contribution in [0.5, 0.6) is 0 Å². The lowest BCUT2D eigenvalue weighted by Crippen LogP contribution is -2.42. The fourth-order valence-electron chi connectivity index (χ4n) is 2.70. The minimum Gasteiger partial charge on any atom is -0.481 e. The van der Waals surface area contributed by atoms with E-state index in [9.17, 15) is 14.3 Å². The van der Waals surface area contributed by atoms with Crippen molar-refractivity contribution in [2.75, 3.05) is 20.3 Å². The van der Waals surface area contributed by atoms with Crippen LogP contribution in [0.15, 0.2) is 18.3 Å². The normalized spacial score (nSPS) is 24.0. The van der Waals surface area contributed by atoms with Crippen molar-refractivity contribution in [1.29, 1.82) is 0 Å². The van der Waals surface area contributed by atoms with Gasteiger partial charge in [0.1, 0.15) is 5.82 Å². The van der Waals surface area contributed by atoms with Gasteiger partial charge in [-0.3, -0.25) is 14.7 Å². The number of carbonyl (C=O) groups is 1. The number of rotatable bonds is 5. The fourth-order valence-corrected chi connectivity index (χ4v) is 2.70. The molecule has 0 radical (unpaired) electrons. The Labute approximate surface area is 117 Å². The van der Waals surface area contributed by atoms with Gasteiger partial charge in [-0.15, -0.1) is 0 Å². The number of halogens is 1. The Hall–Kier alpha value is -1.53. The lowest BCUT2D eigenvalue weighted by atomic mass is 9.99. The number of hydrogen-bond donors (Lipinski definition) is 1. The third kappa shape index (κ3) is 2.96. The fraction of sp³-hybridized carbons (Fsp3) is 0.571. The van der Waals surface area contributed by atoms with Gasteiger partial charge in [-0.1, -0.05) is 6.92 Å². The van der Waals surface area contributed by atoms with Crippen LogP contribution >= 0.6 is 0 Å². The summed E-state index contributed by atoms with van der Waals surface area (Å²) in [5, 5.41) is 9.22. The molecule has 1 aliphatic heterocycles. The zero-order valence-corrected chi connectivity index (χ0v) is 11.6. The smallest absolute Gasteiger partial charge is 0.310 e. The zero-order valence-electron chi connectivity index (χ0n) is 11.6. The summed E-state index contributed by atoms with van der Waals surface area (Å²) < 4.78 is 18.2. The first kappa shape index (κ1) is 14.9. The van der Waals surface area contributed by atoms with Crippen LogP contribution in [0.4, 0.5) is 4.39 Å². The maximum absolute atomic E-state index is 13.0. The van der Waals surface area contributed by atoms with Crippen LogP contribution in [0.25, 0.3) is 0 Å². The Balaban J connectivity index is 2.18. The molecule has 3 unspecified atom stereocenters. The summed E-state index contributed by atoms with van der Waals surface area (Å²) >= 11 is 0. The van der Waals surface area contributed by atoms with Crippen LogP contribution in [-0.2, 0) is 9.53 Å². The molecule has 20 heavy (non-hydrogen) atoms. The van der Waals surface area contributed by atoms with Gasteiger partial charge in [-0.2, -0.15) is 0 Å². The summed E-state index contributed by atoms with van der Waals surface area (Å²) in [6.07, 6.45) is 1.95. The van der Waals surface area contributed by atoms with Gasteiger partial charge in [0.15, 0.2) is 0 Å². The SMILES string of the molecule is CCC(c1ccc(F)cn1)N(C)C1COCC1C(=O)O. The number of aliphatic carboxylic acids is 1. The van der Waals surface area contributed by atoms with Gasteiger partial charge in [0.05, 0.1) is 37.1 Å². The van der Waals surface area contributed by atoms with Crippen LogP contribution in [0.2, 0.25) is 0 Å². The number of aromatic nitrogens is 1. The Morgan fingerprint density at radius 3 is 2.90 bits per heavy atom. The second-order valence-corrected chi connectivity index (χ2v) is 5.04. The van der Waals surface area contributed by atoms with Crippen molar-refractivity contribution in [1.82, 2.24) is 9.88 Å². The maximum Gasteiger partial charge on any atom is 0.310 e. The lowest BCUT2D eigenvalue weighted by Gasteiger charge is -2.33. The molecule has 0 bridgehead atoms. The van der Waals surface area contributed by atoms with E-state index in [1.807, 2.05) is 18.9 Å². The average molecular weight is 282 g/mol. The Morgan fingerprint density at radius 1 is 1.60 bits per heavy atom. The molecule has 5 nitrogen and oxygen atoms in total. The predicted molar refractivity (Wildman–Crippen MR) is 70.7 cm³/mol. The molecule has 0 aromatic carbocycles. The monoisotopic (exact) mass is 282 g/mol. The molecule has 6 heteroatoms. The van der Waals surface area contributed by atoms with E-state index < -0.39 is 11.9 Å². The Morgan fingerprint density at radius 2 is 2.35 bits per heavy atom. The van der Waals surface area contributed by atoms with Crippen molar-refractivity contribution in [3.8, 4) is 0 Å². The standard InChI is InChI=1S/C14H19FN2O3/c1-3-12(11-5-4-9(15)6-16-11)17(2)13-8-20-7-10(13)14(18)19/h4-6,10,12-13H,3,7-8H2,1-2H3,(H,18,19). The highest BCUT2D eigenvalue weighted by atomic mass is 19.1. The van der Waals surface area contributed by atoms with Crippen LogP contribution in [0.3, 0.4) is 0 Å². The van der Waals surface area contributed by atoms with E-state index in [-0.39, 0.29) is 24.5 Å². The van der Waals surface area contributed by atoms with Crippen LogP contribution in [-0.4, -0.2) is 47.3 Å². The number of pyridine rings is 1. The van der Waals surface area contributed by atoms with E-state index in [4.69, 9.17) is 4.74 Å². The molecule has 1 fully saturated rings. The van der Waals surface area contributed by atoms with Crippen molar-refractivity contribution < 1.29 is 19.0 Å². The Kier molecular flexibility index (Phi) is 4.67. The van der Waals surface area contributed by atoms with Gasteiger partial charge in [-0.25, -0.2) is 4.39 Å². The van der Waals surface area contributed by atoms with Crippen LogP contribution in [0, 0.1) is 11.7 Å². The number of likely N-dealkylation sites (N-methyl/N-ethyl adjacent to an activating group) is 1. The van der Waals surface area contributed by atoms with Crippen LogP contribution < -0.4 is 0 Å². The summed E-state index contributed by atoms with van der Waals surface area (Å²) in [5.74, 6) is -1.75. The molecule has 0 amide bonds. The van der Waals surface area contributed by atoms with E-state index in [2.05, 4.69) is 4.98 Å². The summed E-state index contributed by atoms with van der Waals surface area (Å²) in [5.41, 5.74) is 0.743. The van der Waals surface area contributed by atoms with Crippen molar-refractivity contribution in [2.45, 2.75) is 25.4 Å². The minimum absolute atomic E-state index is 0.0517. The second kappa shape index (κ2) is 6.28. The van der Waals surface area contributed by atoms with Gasteiger partial charge in [0.25, 0.3) is 0 Å². The van der Waals surface area contributed by atoms with Crippen molar-refractivity contribution in [2.24, 2.45) is 5.92 Å². The van der Waals surface area contributed by atoms with Crippen molar-refractivity contribution in [3.05, 3.63) is 29.8 Å². The summed E-state index contributed by atoms with van der Waals surface area (Å²) in [7, 11) is 1.87. The van der Waals surface area contributed by atoms with Gasteiger partial charge >= 0.3 is 5.97 Å². The minimum atomic E-state index is -0.846. The number of nitrogens with zero attached hydrogens (tertiary/aromatic N) is 2. The molecule has 3 atom stereocenters. The predicted octanol–water partition coefficient (Wildman–Crippen LogP) is 1.70. The van der Waals surface area contributed by atoms with Crippen molar-refractivity contribution >= 4 is 5.97 Å². The summed E-state index contributed by atoms with van der Waals surface area (Å²) in [4.78, 5) is 17.3. The molecule has 110 valence electrons. The molecule has 1 aromatic rings. The van der Waals surface area contributed by atoms with Gasteiger partial charge in [0.2, 0.25) is 0 Å². The Bertz CT molecular complexity index is 466. The van der Waals surface area contributed by atoms with E-state index in [1.165, 1.54) is 12.3 Å². The maximum atomic E-state index is 13.0. The first-order chi connectivity index (χ1) is 9.54. The number of ether oxygens (including phenoxy) is 1. The first-order valence-corrected chi connectivity index (χ1v) is 6.68. The van der Waals surface area contributed by atoms with Crippen molar-refractivity contribution in [3.63, 3.8) is 0 Å². The van der Waals surface area contributed by atoms with E-state index in [1.54, 1.807) is 6.07 Å². The first-order valence-electron chi connectivity index (χ1n) is 6.68. The van der Waals surface area contributed by atoms with Gasteiger partial charge in [-0.05, 0) is 25.6 Å². The third-order valence-corrected chi connectivity index (χ3v) is 3.86. The average Bonchev–Trinajstić information content (AvgIpc) is 2.91. The lowest BCUT2D eigenvalue weighted by molar-refractivity contribution is -0.143. The highest BCUT2D eigenvalue weighted by Crippen LogP contribution is 2.29. The summed E-state index contributed by atoms with van der Waals surface area (Å²) in [6, 6.07) is 2.78. The largest absolute Gasteiger partial charge is 0.481 e. The topological polar surface area (TPSA) is 62.7 Å². The number of hydrogen-bond acceptors (Lipinski definition) is 4.